The van der Waals surface area contributed by atoms with Crippen LogP contribution in [0.15, 0.2) is 54.6 Å². The maximum absolute atomic E-state index is 12.5. The van der Waals surface area contributed by atoms with Crippen LogP contribution in [0.25, 0.3) is 22.4 Å². The van der Waals surface area contributed by atoms with E-state index in [1.54, 1.807) is 11.3 Å². The van der Waals surface area contributed by atoms with E-state index >= 15 is 0 Å². The van der Waals surface area contributed by atoms with E-state index in [0.717, 1.165) is 43.4 Å². The molecule has 0 unspecified atom stereocenters. The van der Waals surface area contributed by atoms with Crippen molar-refractivity contribution in [2.75, 3.05) is 5.32 Å². The van der Waals surface area contributed by atoms with Crippen LogP contribution in [0.4, 0.5) is 5.69 Å². The first kappa shape index (κ1) is 16.5. The van der Waals surface area contributed by atoms with Gasteiger partial charge in [-0.25, -0.2) is 4.98 Å². The summed E-state index contributed by atoms with van der Waals surface area (Å²) in [5.74, 6) is 0.843. The van der Waals surface area contributed by atoms with E-state index in [0.29, 0.717) is 0 Å². The fraction of sp³-hybridized carbons (Fsp3) is 0.143. The minimum absolute atomic E-state index is 0.0673. The second-order valence-corrected chi connectivity index (χ2v) is 7.80. The molecule has 4 rings (SSSR count). The van der Waals surface area contributed by atoms with Gasteiger partial charge in [0.2, 0.25) is 0 Å². The second-order valence-electron chi connectivity index (χ2n) is 6.34. The number of hydrogen-bond donors (Lipinski definition) is 1. The summed E-state index contributed by atoms with van der Waals surface area (Å²) < 4.78 is 2.08. The van der Waals surface area contributed by atoms with Gasteiger partial charge < -0.3 is 9.88 Å². The molecular formula is C21H19N3OS. The maximum Gasteiger partial charge on any atom is 0.256 e. The molecule has 0 spiro atoms. The number of nitrogens with one attached hydrogen (secondary N) is 1. The first-order chi connectivity index (χ1) is 12.5. The number of carbonyl (C=O) groups is 1. The first-order valence-corrected chi connectivity index (χ1v) is 9.25. The zero-order chi connectivity index (χ0) is 18.3. The summed E-state index contributed by atoms with van der Waals surface area (Å²) in [4.78, 5) is 19.3. The molecule has 2 heterocycles. The van der Waals surface area contributed by atoms with Gasteiger partial charge in [-0.2, -0.15) is 0 Å². The van der Waals surface area contributed by atoms with Gasteiger partial charge in [-0.15, -0.1) is 11.3 Å². The molecule has 130 valence electrons. The third kappa shape index (κ3) is 2.91. The van der Waals surface area contributed by atoms with E-state index in [9.17, 15) is 4.79 Å². The van der Waals surface area contributed by atoms with Crippen molar-refractivity contribution in [1.29, 1.82) is 0 Å². The minimum atomic E-state index is -0.0673. The van der Waals surface area contributed by atoms with E-state index in [1.807, 2.05) is 69.4 Å². The lowest BCUT2D eigenvalue weighted by Gasteiger charge is -2.07. The van der Waals surface area contributed by atoms with Crippen LogP contribution in [-0.2, 0) is 7.05 Å². The number of amides is 1. The molecule has 0 radical (unpaired) electrons. The van der Waals surface area contributed by atoms with Crippen LogP contribution in [0.2, 0.25) is 0 Å². The molecule has 0 aliphatic carbocycles. The molecule has 0 aliphatic heterocycles. The number of benzene rings is 2. The molecule has 0 saturated heterocycles. The number of aryl methyl sites for hydroxylation is 3. The van der Waals surface area contributed by atoms with Crippen LogP contribution < -0.4 is 5.32 Å². The van der Waals surface area contributed by atoms with Crippen molar-refractivity contribution in [2.45, 2.75) is 13.8 Å². The van der Waals surface area contributed by atoms with Crippen LogP contribution in [-0.4, -0.2) is 15.5 Å². The van der Waals surface area contributed by atoms with Crippen molar-refractivity contribution in [3.05, 3.63) is 69.9 Å². The van der Waals surface area contributed by atoms with E-state index in [1.165, 1.54) is 0 Å². The SMILES string of the molecule is Cc1cc(C(=O)Nc2ccc(-c3nc4ccccc4n3C)cc2)c(C)s1. The molecule has 0 saturated carbocycles. The summed E-state index contributed by atoms with van der Waals surface area (Å²) in [6, 6.07) is 17.8. The number of nitrogens with zero attached hydrogens (tertiary/aromatic N) is 2. The van der Waals surface area contributed by atoms with E-state index in [2.05, 4.69) is 16.0 Å². The average molecular weight is 361 g/mol. The van der Waals surface area contributed by atoms with E-state index < -0.39 is 0 Å². The van der Waals surface area contributed by atoms with Crippen LogP contribution in [0, 0.1) is 13.8 Å². The summed E-state index contributed by atoms with van der Waals surface area (Å²) in [5.41, 5.74) is 4.62. The number of hydrogen-bond acceptors (Lipinski definition) is 3. The molecule has 4 aromatic rings. The topological polar surface area (TPSA) is 46.9 Å². The van der Waals surface area contributed by atoms with Crippen molar-refractivity contribution in [1.82, 2.24) is 9.55 Å². The Morgan fingerprint density at radius 1 is 1.08 bits per heavy atom. The van der Waals surface area contributed by atoms with E-state index in [4.69, 9.17) is 4.98 Å². The number of thiophene rings is 1. The fourth-order valence-corrected chi connectivity index (χ4v) is 4.08. The van der Waals surface area contributed by atoms with Gasteiger partial charge in [0.05, 0.1) is 16.6 Å². The number of fused-ring (bicyclic) bond motifs is 1. The van der Waals surface area contributed by atoms with Gasteiger partial charge in [0.25, 0.3) is 5.91 Å². The predicted octanol–water partition coefficient (Wildman–Crippen LogP) is 5.17. The van der Waals surface area contributed by atoms with Crippen LogP contribution in [0.1, 0.15) is 20.1 Å². The van der Waals surface area contributed by atoms with Crippen molar-refractivity contribution in [3.63, 3.8) is 0 Å². The molecule has 0 atom stereocenters. The standard InChI is InChI=1S/C21H19N3OS/c1-13-12-17(14(2)26-13)21(25)22-16-10-8-15(9-11-16)20-23-18-6-4-5-7-19(18)24(20)3/h4-12H,1-3H3,(H,22,25). The van der Waals surface area contributed by atoms with Gasteiger partial charge >= 0.3 is 0 Å². The third-order valence-electron chi connectivity index (χ3n) is 4.47. The zero-order valence-corrected chi connectivity index (χ0v) is 15.7. The normalized spacial score (nSPS) is 11.0. The van der Waals surface area contributed by atoms with Crippen LogP contribution in [0.3, 0.4) is 0 Å². The number of imidazole rings is 1. The molecule has 2 aromatic heterocycles. The van der Waals surface area contributed by atoms with Crippen molar-refractivity contribution < 1.29 is 4.79 Å². The number of para-hydroxylation sites is 2. The molecule has 1 amide bonds. The molecular weight excluding hydrogens is 342 g/mol. The Hall–Kier alpha value is -2.92. The van der Waals surface area contributed by atoms with Crippen molar-refractivity contribution >= 4 is 34.0 Å². The van der Waals surface area contributed by atoms with Gasteiger partial charge in [0.1, 0.15) is 5.82 Å². The second kappa shape index (κ2) is 6.42. The van der Waals surface area contributed by atoms with Crippen molar-refractivity contribution in [3.8, 4) is 11.4 Å². The van der Waals surface area contributed by atoms with Gasteiger partial charge in [-0.05, 0) is 56.3 Å². The molecule has 5 heteroatoms. The summed E-state index contributed by atoms with van der Waals surface area (Å²) in [7, 11) is 2.02. The Labute approximate surface area is 156 Å². The van der Waals surface area contributed by atoms with E-state index in [-0.39, 0.29) is 5.91 Å². The summed E-state index contributed by atoms with van der Waals surface area (Å²) in [5, 5.41) is 2.97. The van der Waals surface area contributed by atoms with Crippen molar-refractivity contribution in [2.24, 2.45) is 7.05 Å². The third-order valence-corrected chi connectivity index (χ3v) is 5.44. The number of anilines is 1. The minimum Gasteiger partial charge on any atom is -0.327 e. The zero-order valence-electron chi connectivity index (χ0n) is 14.9. The van der Waals surface area contributed by atoms with Gasteiger partial charge in [-0.3, -0.25) is 4.79 Å². The lowest BCUT2D eigenvalue weighted by atomic mass is 10.2. The predicted molar refractivity (Wildman–Crippen MR) is 108 cm³/mol. The largest absolute Gasteiger partial charge is 0.327 e. The average Bonchev–Trinajstić information content (AvgIpc) is 3.15. The van der Waals surface area contributed by atoms with Crippen LogP contribution >= 0.6 is 11.3 Å². The summed E-state index contributed by atoms with van der Waals surface area (Å²) in [6.45, 7) is 3.99. The Morgan fingerprint density at radius 2 is 1.81 bits per heavy atom. The molecule has 26 heavy (non-hydrogen) atoms. The molecule has 1 N–H and O–H groups in total. The molecule has 2 aromatic carbocycles. The molecule has 0 aliphatic rings. The molecule has 0 bridgehead atoms. The molecule has 4 nitrogen and oxygen atoms in total. The quantitative estimate of drug-likeness (QED) is 0.547. The monoisotopic (exact) mass is 361 g/mol. The fourth-order valence-electron chi connectivity index (χ4n) is 3.16. The smallest absolute Gasteiger partial charge is 0.256 e. The lowest BCUT2D eigenvalue weighted by Crippen LogP contribution is -2.11. The highest BCUT2D eigenvalue weighted by molar-refractivity contribution is 7.12. The summed E-state index contributed by atoms with van der Waals surface area (Å²) in [6.07, 6.45) is 0. The number of aromatic nitrogens is 2. The summed E-state index contributed by atoms with van der Waals surface area (Å²) >= 11 is 1.64. The van der Waals surface area contributed by atoms with Gasteiger partial charge in [0, 0.05) is 28.1 Å². The van der Waals surface area contributed by atoms with Gasteiger partial charge in [-0.1, -0.05) is 12.1 Å². The highest BCUT2D eigenvalue weighted by Gasteiger charge is 2.13. The van der Waals surface area contributed by atoms with Gasteiger partial charge in [0.15, 0.2) is 0 Å². The lowest BCUT2D eigenvalue weighted by molar-refractivity contribution is 0.102. The Morgan fingerprint density at radius 3 is 2.46 bits per heavy atom. The highest BCUT2D eigenvalue weighted by atomic mass is 32.1. The Balaban J connectivity index is 1.59. The van der Waals surface area contributed by atoms with Crippen LogP contribution in [0.5, 0.6) is 0 Å². The molecule has 0 fully saturated rings. The number of rotatable bonds is 3. The Bertz CT molecular complexity index is 1110. The highest BCUT2D eigenvalue weighted by Crippen LogP contribution is 2.26. The Kier molecular flexibility index (Phi) is 4.09. The number of carbonyl (C=O) groups excluding carboxylic acids is 1. The maximum atomic E-state index is 12.5. The first-order valence-electron chi connectivity index (χ1n) is 8.43.